The van der Waals surface area contributed by atoms with E-state index in [0.29, 0.717) is 12.8 Å². The summed E-state index contributed by atoms with van der Waals surface area (Å²) in [5.74, 6) is -3.80. The first kappa shape index (κ1) is 128. The van der Waals surface area contributed by atoms with E-state index in [2.05, 4.69) is 52.6 Å². The number of aliphatic hydroxyl groups excluding tert-OH is 22. The number of carbonyl (C=O) groups excluding carboxylic acids is 5. The van der Waals surface area contributed by atoms with Gasteiger partial charge in [-0.3, -0.25) is 24.0 Å². The van der Waals surface area contributed by atoms with Gasteiger partial charge in [-0.2, -0.15) is 0 Å². The van der Waals surface area contributed by atoms with Crippen molar-refractivity contribution < 1.29 is 212 Å². The van der Waals surface area contributed by atoms with Crippen molar-refractivity contribution in [1.82, 2.24) is 26.6 Å². The fourth-order valence-corrected chi connectivity index (χ4v) is 19.9. The number of amides is 5. The Labute approximate surface area is 865 Å². The zero-order valence-electron chi connectivity index (χ0n) is 86.4. The molecule has 860 valence electrons. The summed E-state index contributed by atoms with van der Waals surface area (Å²) in [6.45, 7) is -0.528. The third-order valence-corrected chi connectivity index (χ3v) is 28.4. The van der Waals surface area contributed by atoms with Crippen LogP contribution in [0.1, 0.15) is 260 Å². The lowest BCUT2D eigenvalue weighted by Crippen LogP contribution is -2.71. The van der Waals surface area contributed by atoms with Crippen LogP contribution in [0.15, 0.2) is 24.3 Å². The maximum absolute atomic E-state index is 13.9. The van der Waals surface area contributed by atoms with Gasteiger partial charge in [0.2, 0.25) is 29.5 Å². The summed E-state index contributed by atoms with van der Waals surface area (Å²) in [6, 6.07) is -8.20. The number of carbonyl (C=O) groups is 5. The van der Waals surface area contributed by atoms with Gasteiger partial charge in [0.15, 0.2) is 50.3 Å². The average Bonchev–Trinajstić information content (AvgIpc) is 0.764. The molecule has 48 heteroatoms. The van der Waals surface area contributed by atoms with Crippen LogP contribution in [0.3, 0.4) is 0 Å². The van der Waals surface area contributed by atoms with Crippen molar-refractivity contribution in [2.24, 2.45) is 0 Å². The molecule has 8 heterocycles. The lowest BCUT2D eigenvalue weighted by molar-refractivity contribution is -0.392. The van der Waals surface area contributed by atoms with Gasteiger partial charge in [0.1, 0.15) is 195 Å². The van der Waals surface area contributed by atoms with E-state index in [4.69, 9.17) is 75.8 Å². The summed E-state index contributed by atoms with van der Waals surface area (Å²) in [5, 5.41) is 264. The number of aliphatic hydroxyl groups is 22. The van der Waals surface area contributed by atoms with Crippen molar-refractivity contribution in [3.05, 3.63) is 24.3 Å². The fourth-order valence-electron chi connectivity index (χ4n) is 19.9. The van der Waals surface area contributed by atoms with Crippen LogP contribution in [0, 0.1) is 0 Å². The minimum absolute atomic E-state index is 0.0976. The van der Waals surface area contributed by atoms with E-state index in [1.807, 2.05) is 0 Å². The summed E-state index contributed by atoms with van der Waals surface area (Å²) in [5.41, 5.74) is 0. The molecule has 48 nitrogen and oxygen atoms in total. The van der Waals surface area contributed by atoms with Gasteiger partial charge in [0, 0.05) is 34.1 Å². The van der Waals surface area contributed by atoms with Gasteiger partial charge in [-0.1, -0.05) is 205 Å². The van der Waals surface area contributed by atoms with Crippen LogP contribution >= 0.6 is 0 Å². The fraction of sp³-hybridized carbons (Fsp3) is 0.910. The van der Waals surface area contributed by atoms with Crippen molar-refractivity contribution in [3.8, 4) is 0 Å². The zero-order valence-corrected chi connectivity index (χ0v) is 86.4. The molecule has 8 aliphatic heterocycles. The van der Waals surface area contributed by atoms with Crippen molar-refractivity contribution >= 4 is 29.5 Å². The van der Waals surface area contributed by atoms with Gasteiger partial charge in [-0.15, -0.1) is 0 Å². The molecular weight excluding hydrogens is 1960 g/mol. The van der Waals surface area contributed by atoms with Gasteiger partial charge >= 0.3 is 0 Å². The van der Waals surface area contributed by atoms with Crippen LogP contribution < -0.4 is 26.6 Å². The Hall–Kier alpha value is -4.69. The first-order valence-electron chi connectivity index (χ1n) is 53.6. The second-order valence-electron chi connectivity index (χ2n) is 40.2. The monoisotopic (exact) mass is 2140 g/mol. The molecule has 8 fully saturated rings. The average molecular weight is 2140 g/mol. The van der Waals surface area contributed by atoms with E-state index in [9.17, 15) is 136 Å². The molecule has 16 unspecified atom stereocenters. The minimum Gasteiger partial charge on any atom is -0.394 e. The number of nitrogens with one attached hydrogen (secondary N) is 5. The first-order valence-corrected chi connectivity index (χ1v) is 53.6. The standard InChI is InChI=1S/C100H177N5O43/c1-7-9-11-13-15-17-19-21-22-23-24-25-26-27-28-29-30-32-34-36-38-40-42-44-68(118)105-58(59(117)43-41-39-37-35-33-31-20-18-16-14-12-10-8-2)52-133-97-83(129)81(127)89(65(50-111)140-97)145-100-86(132)92(148-99-85(131)91(76(122)63(48-109)138-99)147-96-72(104-57(6)116)90(75(121)62(47-108)137-96)146-95-70(102-55(4)114)79(125)74(120)61(46-107)136-95)77(123)67(142-100)53-134-93-71(103-56(5)115)80(126)87(64(49-110)139-93)144-98-84(130)82(128)88(66(51-112)141-98)143-94-69(101-54(3)113)78(124)73(119)60(45-106)135-94/h21-22,41,43,58-67,69-100,106-112,117,119-132H,7-20,23-40,42,44-53H2,1-6H3,(H,101,113)(H,102,114)(H,103,115)(H,104,116)(H,105,118)/b22-21-,43-41+/t58-,59+,60?,61?,62?,63?,64?,65?,66?,67?,69?,70?,71?,72?,73-,74-,75-,76-,77-,78+,79+,80+,81+,82+,83?,84?,85?,86?,87+,88-,89+,90+,91-,92-,93+,94-,95+,96-,97+,98-,99+,100-/m0/s1. The highest BCUT2D eigenvalue weighted by Gasteiger charge is 2.61. The van der Waals surface area contributed by atoms with Crippen molar-refractivity contribution in [3.63, 3.8) is 0 Å². The molecule has 0 aromatic heterocycles. The van der Waals surface area contributed by atoms with Gasteiger partial charge in [0.05, 0.1) is 71.6 Å². The molecule has 8 rings (SSSR count). The minimum atomic E-state index is -2.47. The molecule has 42 atom stereocenters. The van der Waals surface area contributed by atoms with Crippen LogP contribution in [-0.2, 0) is 99.8 Å². The van der Waals surface area contributed by atoms with Crippen LogP contribution in [0.4, 0.5) is 0 Å². The predicted octanol–water partition coefficient (Wildman–Crippen LogP) is -3.59. The number of hydrogen-bond acceptors (Lipinski definition) is 43. The molecule has 0 bridgehead atoms. The second-order valence-corrected chi connectivity index (χ2v) is 40.2. The Kier molecular flexibility index (Phi) is 59.1. The molecule has 0 aromatic rings. The number of ether oxygens (including phenoxy) is 16. The molecule has 27 N–H and O–H groups in total. The SMILES string of the molecule is CCCCCCCC/C=C\CCCCCCCCCCCCCCCC(=O)N[C@@H](CO[C@@H]1OC(CO)[C@@H](O[C@@H]2OC(CO[C@@H]3OC(CO)[C@@H](O[C@@H]4OC(CO)[C@H](O[C@@H]5OC(CO)[C@H](O)[C@H](O)C5NC(C)=O)[C@H](O)C4O)[C@H](O)C3NC(C)=O)[C@H](O)[C@H](O[C@H]3OC(CO)[C@H](O)[C@H](O[C@@H]4OC(CO)[C@H](O)[C@H](O[C@H]5OC(CO)[C@H](O)[C@H](O)C5NC(C)=O)C4NC(C)=O)C3O)C2O)[C@H](O)C1O)[C@H](O)/C=C/CCCCCCCCCCCCC. The van der Waals surface area contributed by atoms with E-state index in [0.717, 1.165) is 98.3 Å². The van der Waals surface area contributed by atoms with Crippen molar-refractivity contribution in [2.75, 3.05) is 59.5 Å². The van der Waals surface area contributed by atoms with Crippen molar-refractivity contribution in [2.45, 2.75) is 517 Å². The Morgan fingerprint density at radius 3 is 0.966 bits per heavy atom. The Morgan fingerprint density at radius 2 is 0.554 bits per heavy atom. The first-order chi connectivity index (χ1) is 71.0. The maximum Gasteiger partial charge on any atom is 0.220 e. The Morgan fingerprint density at radius 1 is 0.270 bits per heavy atom. The quantitative estimate of drug-likeness (QED) is 0.0207. The normalized spacial score (nSPS) is 37.3. The molecule has 0 radical (unpaired) electrons. The number of unbranched alkanes of at least 4 members (excludes halogenated alkanes) is 30. The number of hydrogen-bond donors (Lipinski definition) is 27. The topological polar surface area (TPSA) is 738 Å². The summed E-state index contributed by atoms with van der Waals surface area (Å²) >= 11 is 0. The van der Waals surface area contributed by atoms with Gasteiger partial charge in [-0.25, -0.2) is 0 Å². The second kappa shape index (κ2) is 68.1. The summed E-state index contributed by atoms with van der Waals surface area (Å²) < 4.78 is 96.8. The maximum atomic E-state index is 13.9. The largest absolute Gasteiger partial charge is 0.394 e. The third-order valence-electron chi connectivity index (χ3n) is 28.4. The molecule has 0 aliphatic carbocycles. The zero-order chi connectivity index (χ0) is 108. The molecule has 0 saturated carbocycles. The third kappa shape index (κ3) is 38.9. The molecule has 0 aromatic carbocycles. The van der Waals surface area contributed by atoms with E-state index >= 15 is 0 Å². The van der Waals surface area contributed by atoms with Crippen LogP contribution in [0.2, 0.25) is 0 Å². The molecule has 148 heavy (non-hydrogen) atoms. The lowest BCUT2D eigenvalue weighted by Gasteiger charge is -2.51. The Balaban J connectivity index is 1.00. The molecule has 8 saturated heterocycles. The van der Waals surface area contributed by atoms with Crippen LogP contribution in [0.5, 0.6) is 0 Å². The number of allylic oxidation sites excluding steroid dienone is 3. The molecule has 5 amide bonds. The highest BCUT2D eigenvalue weighted by atomic mass is 16.8. The molecule has 8 aliphatic rings. The predicted molar refractivity (Wildman–Crippen MR) is 519 cm³/mol. The van der Waals surface area contributed by atoms with Gasteiger partial charge < -0.3 is 215 Å². The van der Waals surface area contributed by atoms with Crippen LogP contribution in [-0.4, -0.2) is 459 Å². The molecule has 0 spiro atoms. The Bertz CT molecular complexity index is 3730. The smallest absolute Gasteiger partial charge is 0.220 e. The molecular formula is C100H177N5O43. The van der Waals surface area contributed by atoms with E-state index in [-0.39, 0.29) is 6.42 Å². The van der Waals surface area contributed by atoms with E-state index in [1.54, 1.807) is 6.08 Å². The van der Waals surface area contributed by atoms with Crippen LogP contribution in [0.25, 0.3) is 0 Å². The summed E-state index contributed by atoms with van der Waals surface area (Å²) in [6.07, 6.45) is -29.2. The van der Waals surface area contributed by atoms with Crippen molar-refractivity contribution in [1.29, 1.82) is 0 Å². The number of rotatable bonds is 67. The summed E-state index contributed by atoms with van der Waals surface area (Å²) in [7, 11) is 0. The van der Waals surface area contributed by atoms with E-state index in [1.165, 1.54) is 134 Å². The van der Waals surface area contributed by atoms with E-state index < -0.39 is 347 Å². The highest BCUT2D eigenvalue weighted by molar-refractivity contribution is 5.76. The highest BCUT2D eigenvalue weighted by Crippen LogP contribution is 2.40. The van der Waals surface area contributed by atoms with Gasteiger partial charge in [0.25, 0.3) is 0 Å². The lowest BCUT2D eigenvalue weighted by atomic mass is 9.93. The summed E-state index contributed by atoms with van der Waals surface area (Å²) in [4.78, 5) is 65.1. The van der Waals surface area contributed by atoms with Gasteiger partial charge in [-0.05, 0) is 44.9 Å².